The van der Waals surface area contributed by atoms with Gasteiger partial charge in [-0.3, -0.25) is 0 Å². The summed E-state index contributed by atoms with van der Waals surface area (Å²) in [7, 11) is 0. The summed E-state index contributed by atoms with van der Waals surface area (Å²) in [4.78, 5) is 8.69. The molecule has 25 heavy (non-hydrogen) atoms. The number of nitrogens with two attached hydrogens (primary N) is 1. The van der Waals surface area contributed by atoms with Gasteiger partial charge in [-0.05, 0) is 19.9 Å². The maximum absolute atomic E-state index is 6.12. The molecule has 0 saturated heterocycles. The Balaban J connectivity index is 2.03. The topological polar surface area (TPSA) is 87.3 Å². The molecule has 0 spiro atoms. The zero-order valence-electron chi connectivity index (χ0n) is 15.8. The summed E-state index contributed by atoms with van der Waals surface area (Å²) in [5.41, 5.74) is 7.22. The monoisotopic (exact) mass is 345 g/mol. The Kier molecular flexibility index (Phi) is 5.72. The molecule has 6 heteroatoms. The number of oxazole rings is 2. The Morgan fingerprint density at radius 3 is 2.64 bits per heavy atom. The molecule has 0 radical (unpaired) electrons. The van der Waals surface area contributed by atoms with E-state index in [-0.39, 0.29) is 11.3 Å². The van der Waals surface area contributed by atoms with E-state index in [2.05, 4.69) is 9.97 Å². The molecule has 0 amide bonds. The van der Waals surface area contributed by atoms with E-state index >= 15 is 0 Å². The summed E-state index contributed by atoms with van der Waals surface area (Å²) in [5.74, 6) is 2.76. The molecule has 6 nitrogen and oxygen atoms in total. The number of aryl methyl sites for hydroxylation is 1. The van der Waals surface area contributed by atoms with Gasteiger partial charge in [0.2, 0.25) is 0 Å². The lowest BCUT2D eigenvalue weighted by Gasteiger charge is -2.12. The number of allylic oxidation sites excluding steroid dienone is 2. The molecule has 1 unspecified atom stereocenters. The van der Waals surface area contributed by atoms with Crippen LogP contribution in [0.4, 0.5) is 0 Å². The molecule has 136 valence electrons. The number of ether oxygens (including phenoxy) is 1. The average molecular weight is 345 g/mol. The average Bonchev–Trinajstić information content (AvgIpc) is 3.17. The third-order valence-corrected chi connectivity index (χ3v) is 3.70. The molecule has 0 aliphatic carbocycles. The van der Waals surface area contributed by atoms with Crippen molar-refractivity contribution in [3.8, 4) is 0 Å². The lowest BCUT2D eigenvalue weighted by molar-refractivity contribution is 0.392. The highest BCUT2D eigenvalue weighted by atomic mass is 16.5. The van der Waals surface area contributed by atoms with E-state index in [0.717, 1.165) is 5.76 Å². The quantitative estimate of drug-likeness (QED) is 0.784. The van der Waals surface area contributed by atoms with Crippen molar-refractivity contribution in [2.45, 2.75) is 53.4 Å². The molecule has 0 aromatic carbocycles. The van der Waals surface area contributed by atoms with Crippen LogP contribution < -0.4 is 5.73 Å². The third kappa shape index (κ3) is 4.98. The Morgan fingerprint density at radius 2 is 2.12 bits per heavy atom. The van der Waals surface area contributed by atoms with Gasteiger partial charge in [0.15, 0.2) is 17.5 Å². The van der Waals surface area contributed by atoms with E-state index in [1.54, 1.807) is 18.7 Å². The molecule has 0 fully saturated rings. The molecule has 0 aliphatic heterocycles. The minimum absolute atomic E-state index is 0.0404. The fourth-order valence-electron chi connectivity index (χ4n) is 2.13. The van der Waals surface area contributed by atoms with Gasteiger partial charge < -0.3 is 19.3 Å². The first-order chi connectivity index (χ1) is 11.7. The van der Waals surface area contributed by atoms with Crippen molar-refractivity contribution in [2.24, 2.45) is 11.7 Å². The van der Waals surface area contributed by atoms with Crippen LogP contribution in [-0.4, -0.2) is 9.97 Å². The van der Waals surface area contributed by atoms with Crippen LogP contribution in [0.15, 0.2) is 39.3 Å². The number of nitrogens with zero attached hydrogens (tertiary/aromatic N) is 2. The molecule has 2 aromatic rings. The minimum atomic E-state index is -0.158. The van der Waals surface area contributed by atoms with Crippen LogP contribution in [0.5, 0.6) is 0 Å². The summed E-state index contributed by atoms with van der Waals surface area (Å²) in [6.45, 7) is 11.9. The highest BCUT2D eigenvalue weighted by molar-refractivity contribution is 5.55. The summed E-state index contributed by atoms with van der Waals surface area (Å²) >= 11 is 0. The smallest absolute Gasteiger partial charge is 0.200 e. The van der Waals surface area contributed by atoms with Gasteiger partial charge in [0.05, 0.1) is 6.20 Å². The zero-order valence-corrected chi connectivity index (χ0v) is 15.8. The van der Waals surface area contributed by atoms with Crippen molar-refractivity contribution in [3.63, 3.8) is 0 Å². The van der Waals surface area contributed by atoms with Gasteiger partial charge in [-0.1, -0.05) is 27.7 Å². The lowest BCUT2D eigenvalue weighted by atomic mass is 9.97. The molecule has 2 N–H and O–H groups in total. The van der Waals surface area contributed by atoms with Crippen molar-refractivity contribution in [1.29, 1.82) is 0 Å². The van der Waals surface area contributed by atoms with Crippen molar-refractivity contribution in [1.82, 2.24) is 9.97 Å². The van der Waals surface area contributed by atoms with Gasteiger partial charge >= 0.3 is 0 Å². The van der Waals surface area contributed by atoms with E-state index < -0.39 is 0 Å². The Morgan fingerprint density at radius 1 is 1.40 bits per heavy atom. The predicted molar refractivity (Wildman–Crippen MR) is 96.3 cm³/mol. The highest BCUT2D eigenvalue weighted by Crippen LogP contribution is 2.25. The Labute approximate surface area is 148 Å². The standard InChI is InChI=1S/C19H27N3O3/c1-7-16(15-11-24-18(22-15)19(4,5)6)23-10-14(20)12(2)8-17-21-9-13(3)25-17/h7,9-12H,8,20H2,1-6H3/b14-10-,16-7-. The summed E-state index contributed by atoms with van der Waals surface area (Å²) in [6, 6.07) is 0. The van der Waals surface area contributed by atoms with Gasteiger partial charge in [-0.25, -0.2) is 9.97 Å². The number of rotatable bonds is 6. The van der Waals surface area contributed by atoms with E-state index in [0.29, 0.717) is 35.4 Å². The summed E-state index contributed by atoms with van der Waals surface area (Å²) < 4.78 is 16.8. The number of aromatic nitrogens is 2. The first kappa shape index (κ1) is 18.8. The van der Waals surface area contributed by atoms with Crippen molar-refractivity contribution < 1.29 is 13.6 Å². The maximum Gasteiger partial charge on any atom is 0.200 e. The molecular weight excluding hydrogens is 318 g/mol. The second-order valence-electron chi connectivity index (χ2n) is 7.15. The van der Waals surface area contributed by atoms with Gasteiger partial charge in [-0.15, -0.1) is 0 Å². The van der Waals surface area contributed by atoms with Crippen molar-refractivity contribution in [3.05, 3.63) is 53.7 Å². The molecular formula is C19H27N3O3. The zero-order chi connectivity index (χ0) is 18.6. The maximum atomic E-state index is 6.12. The van der Waals surface area contributed by atoms with Crippen molar-refractivity contribution >= 4 is 5.76 Å². The highest BCUT2D eigenvalue weighted by Gasteiger charge is 2.21. The summed E-state index contributed by atoms with van der Waals surface area (Å²) in [6.07, 6.45) is 7.28. The van der Waals surface area contributed by atoms with Crippen LogP contribution >= 0.6 is 0 Å². The van der Waals surface area contributed by atoms with Crippen LogP contribution in [0, 0.1) is 12.8 Å². The molecule has 1 atom stereocenters. The predicted octanol–water partition coefficient (Wildman–Crippen LogP) is 4.32. The van der Waals surface area contributed by atoms with Crippen LogP contribution in [-0.2, 0) is 16.6 Å². The second kappa shape index (κ2) is 7.59. The van der Waals surface area contributed by atoms with Crippen molar-refractivity contribution in [2.75, 3.05) is 0 Å². The molecule has 2 heterocycles. The second-order valence-corrected chi connectivity index (χ2v) is 7.15. The van der Waals surface area contributed by atoms with Crippen LogP contribution in [0.2, 0.25) is 0 Å². The number of hydrogen-bond acceptors (Lipinski definition) is 6. The van der Waals surface area contributed by atoms with E-state index in [1.807, 2.05) is 47.6 Å². The fourth-order valence-corrected chi connectivity index (χ4v) is 2.13. The van der Waals surface area contributed by atoms with Gasteiger partial charge in [0.25, 0.3) is 0 Å². The lowest BCUT2D eigenvalue weighted by Crippen LogP contribution is -2.12. The van der Waals surface area contributed by atoms with Gasteiger partial charge in [0, 0.05) is 23.5 Å². The summed E-state index contributed by atoms with van der Waals surface area (Å²) in [5, 5.41) is 0. The van der Waals surface area contributed by atoms with E-state index in [9.17, 15) is 0 Å². The molecule has 0 aliphatic rings. The minimum Gasteiger partial charge on any atom is -0.461 e. The fraction of sp³-hybridized carbons (Fsp3) is 0.474. The van der Waals surface area contributed by atoms with Gasteiger partial charge in [0.1, 0.15) is 24.0 Å². The van der Waals surface area contributed by atoms with Gasteiger partial charge in [-0.2, -0.15) is 0 Å². The molecule has 2 rings (SSSR count). The SMILES string of the molecule is C/C=C(\O/C=C(\N)C(C)Cc1ncc(C)o1)c1coc(C(C)(C)C)n1. The molecule has 0 bridgehead atoms. The molecule has 0 saturated carbocycles. The number of hydrogen-bond donors (Lipinski definition) is 1. The van der Waals surface area contributed by atoms with E-state index in [1.165, 1.54) is 0 Å². The Bertz CT molecular complexity index is 763. The molecule has 2 aromatic heterocycles. The first-order valence-corrected chi connectivity index (χ1v) is 8.37. The normalized spacial score (nSPS) is 14.6. The first-order valence-electron chi connectivity index (χ1n) is 8.37. The van der Waals surface area contributed by atoms with Crippen LogP contribution in [0.25, 0.3) is 5.76 Å². The Hall–Kier alpha value is -2.50. The van der Waals surface area contributed by atoms with E-state index in [4.69, 9.17) is 19.3 Å². The van der Waals surface area contributed by atoms with Crippen LogP contribution in [0.3, 0.4) is 0 Å². The third-order valence-electron chi connectivity index (χ3n) is 3.70. The largest absolute Gasteiger partial charge is 0.461 e. The van der Waals surface area contributed by atoms with Crippen LogP contribution in [0.1, 0.15) is 57.9 Å².